The summed E-state index contributed by atoms with van der Waals surface area (Å²) in [6.45, 7) is 4.38. The Labute approximate surface area is 162 Å². The van der Waals surface area contributed by atoms with Gasteiger partial charge in [0.05, 0.1) is 61.5 Å². The van der Waals surface area contributed by atoms with Gasteiger partial charge in [-0.3, -0.25) is 0 Å². The van der Waals surface area contributed by atoms with E-state index >= 15 is 0 Å². The normalized spacial score (nSPS) is 20.4. The van der Waals surface area contributed by atoms with Crippen molar-refractivity contribution in [3.63, 3.8) is 0 Å². The van der Waals surface area contributed by atoms with Crippen molar-refractivity contribution in [3.05, 3.63) is 0 Å². The molecule has 132 valence electrons. The van der Waals surface area contributed by atoms with Crippen LogP contribution >= 0.6 is 15.9 Å². The van der Waals surface area contributed by atoms with Crippen molar-refractivity contribution in [1.82, 2.24) is 0 Å². The van der Waals surface area contributed by atoms with Crippen LogP contribution in [-0.2, 0) is 4.74 Å². The average molecular weight is 499 g/mol. The van der Waals surface area contributed by atoms with Crippen LogP contribution in [0.1, 0.15) is 25.7 Å². The first-order valence-electron chi connectivity index (χ1n) is 7.40. The zero-order valence-electron chi connectivity index (χ0n) is 14.7. The molecule has 0 radical (unpaired) electrons. The molecule has 0 aliphatic carbocycles. The molecule has 1 heterocycles. The largest absolute Gasteiger partial charge is 1.00 e. The lowest BCUT2D eigenvalue weighted by molar-refractivity contribution is -0.920. The Morgan fingerprint density at radius 1 is 1.10 bits per heavy atom. The zero-order valence-corrected chi connectivity index (χ0v) is 19.4. The number of nitrogens with zero attached hydrogens (tertiary/aromatic N) is 2. The fraction of sp³-hybridized carbons (Fsp3) is 1.00. The molecule has 1 saturated heterocycles. The Kier molecular flexibility index (Phi) is 17.8. The van der Waals surface area contributed by atoms with E-state index in [1.54, 1.807) is 0 Å². The highest BCUT2D eigenvalue weighted by molar-refractivity contribution is 9.08. The van der Waals surface area contributed by atoms with E-state index in [4.69, 9.17) is 4.74 Å². The maximum atomic E-state index is 5.88. The van der Waals surface area contributed by atoms with Crippen molar-refractivity contribution in [2.24, 2.45) is 0 Å². The lowest BCUT2D eigenvalue weighted by Gasteiger charge is -2.41. The van der Waals surface area contributed by atoms with Gasteiger partial charge in [-0.05, 0) is 18.7 Å². The van der Waals surface area contributed by atoms with Crippen LogP contribution in [0, 0.1) is 0 Å². The fourth-order valence-electron chi connectivity index (χ4n) is 2.58. The number of alkyl halides is 1. The molecule has 0 amide bonds. The molecule has 3 nitrogen and oxygen atoms in total. The Morgan fingerprint density at radius 2 is 1.67 bits per heavy atom. The van der Waals surface area contributed by atoms with Crippen LogP contribution in [0.4, 0.5) is 0 Å². The van der Waals surface area contributed by atoms with Gasteiger partial charge in [0.15, 0.2) is 0 Å². The number of likely N-dealkylation sites (N-methyl/N-ethyl adjacent to an activating group) is 1. The minimum absolute atomic E-state index is 0. The van der Waals surface area contributed by atoms with Gasteiger partial charge in [-0.15, -0.1) is 0 Å². The summed E-state index contributed by atoms with van der Waals surface area (Å²) in [6.07, 6.45) is 5.27. The van der Waals surface area contributed by atoms with E-state index < -0.39 is 0 Å². The van der Waals surface area contributed by atoms with E-state index in [9.17, 15) is 0 Å². The Balaban J connectivity index is -0.000000774. The number of halogens is 3. The van der Waals surface area contributed by atoms with Crippen molar-refractivity contribution in [1.29, 1.82) is 0 Å². The Hall–Kier alpha value is 1.32. The van der Waals surface area contributed by atoms with E-state index in [1.165, 1.54) is 38.8 Å². The van der Waals surface area contributed by atoms with Gasteiger partial charge in [0.25, 0.3) is 0 Å². The monoisotopic (exact) mass is 496 g/mol. The third kappa shape index (κ3) is 13.5. The predicted molar refractivity (Wildman–Crippen MR) is 87.8 cm³/mol. The highest BCUT2D eigenvalue weighted by Gasteiger charge is 2.31. The molecule has 0 aromatic heterocycles. The number of hydrogen-bond donors (Lipinski definition) is 0. The second kappa shape index (κ2) is 13.7. The summed E-state index contributed by atoms with van der Waals surface area (Å²) in [4.78, 5) is 0. The van der Waals surface area contributed by atoms with Crippen LogP contribution < -0.4 is 34.0 Å². The minimum atomic E-state index is 0. The molecule has 0 saturated carbocycles. The maximum absolute atomic E-state index is 5.88. The van der Waals surface area contributed by atoms with Gasteiger partial charge in [-0.2, -0.15) is 0 Å². The third-order valence-electron chi connectivity index (χ3n) is 3.94. The van der Waals surface area contributed by atoms with Gasteiger partial charge >= 0.3 is 0 Å². The molecule has 6 heteroatoms. The van der Waals surface area contributed by atoms with Crippen LogP contribution in [-0.4, -0.2) is 82.4 Å². The molecule has 1 aliphatic rings. The van der Waals surface area contributed by atoms with Gasteiger partial charge in [0, 0.05) is 12.8 Å². The molecule has 0 bridgehead atoms. The topological polar surface area (TPSA) is 9.23 Å². The molecule has 0 N–H and O–H groups in total. The molecular weight excluding hydrogens is 464 g/mol. The van der Waals surface area contributed by atoms with E-state index in [0.717, 1.165) is 22.2 Å². The molecule has 0 aromatic rings. The van der Waals surface area contributed by atoms with Gasteiger partial charge in [-0.1, -0.05) is 15.9 Å². The van der Waals surface area contributed by atoms with E-state index in [1.807, 2.05) is 5.83 Å². The number of ether oxygens (including phenoxy) is 1. The van der Waals surface area contributed by atoms with E-state index in [2.05, 4.69) is 51.2 Å². The molecule has 0 aromatic carbocycles. The smallest absolute Gasteiger partial charge is 0.112 e. The molecular formula is C15H35Br3N2O. The third-order valence-corrected chi connectivity index (χ3v) is 3.94. The summed E-state index contributed by atoms with van der Waals surface area (Å²) in [6, 6.07) is 0.716. The summed E-state index contributed by atoms with van der Waals surface area (Å²) in [5.74, 6) is 1.81. The van der Waals surface area contributed by atoms with Gasteiger partial charge in [0.1, 0.15) is 6.04 Å². The zero-order chi connectivity index (χ0) is 14.9. The molecule has 0 spiro atoms. The first kappa shape index (κ1) is 27.2. The quantitative estimate of drug-likeness (QED) is 0.212. The number of quaternary nitrogens is 2. The van der Waals surface area contributed by atoms with Crippen molar-refractivity contribution < 1.29 is 47.7 Å². The summed E-state index contributed by atoms with van der Waals surface area (Å²) >= 11 is 2.94. The van der Waals surface area contributed by atoms with Crippen LogP contribution in [0.2, 0.25) is 0 Å². The standard InChI is InChI=1S/C14H32N2O.CH3Br.2BrH/c1-15(2,3)10-8-12-17-13-14-9-6-7-11-16(14,4)5;1-2;;/h14H,6-13H2,1-5H3;1H3;2*1H/q+2;;;/p-2. The van der Waals surface area contributed by atoms with Crippen molar-refractivity contribution in [3.8, 4) is 0 Å². The number of rotatable bonds is 6. The van der Waals surface area contributed by atoms with Crippen LogP contribution in [0.3, 0.4) is 0 Å². The molecule has 1 aliphatic heterocycles. The summed E-state index contributed by atoms with van der Waals surface area (Å²) < 4.78 is 8.06. The van der Waals surface area contributed by atoms with Crippen LogP contribution in [0.25, 0.3) is 0 Å². The summed E-state index contributed by atoms with van der Waals surface area (Å²) in [5.41, 5.74) is 0. The maximum Gasteiger partial charge on any atom is 0.112 e. The Bertz CT molecular complexity index is 233. The lowest BCUT2D eigenvalue weighted by Crippen LogP contribution is -3.00. The second-order valence-corrected chi connectivity index (χ2v) is 7.09. The lowest BCUT2D eigenvalue weighted by atomic mass is 10.0. The van der Waals surface area contributed by atoms with Crippen molar-refractivity contribution in [2.45, 2.75) is 31.7 Å². The van der Waals surface area contributed by atoms with Crippen molar-refractivity contribution in [2.75, 3.05) is 67.4 Å². The number of likely N-dealkylation sites (tertiary alicyclic amines) is 1. The second-order valence-electron chi connectivity index (χ2n) is 7.09. The summed E-state index contributed by atoms with van der Waals surface area (Å²) in [7, 11) is 11.4. The molecule has 1 atom stereocenters. The predicted octanol–water partition coefficient (Wildman–Crippen LogP) is -3.25. The molecule has 1 fully saturated rings. The average Bonchev–Trinajstić information content (AvgIpc) is 2.31. The van der Waals surface area contributed by atoms with Gasteiger partial charge in [0.2, 0.25) is 0 Å². The van der Waals surface area contributed by atoms with Crippen LogP contribution in [0.5, 0.6) is 0 Å². The highest BCUT2D eigenvalue weighted by Crippen LogP contribution is 2.21. The van der Waals surface area contributed by atoms with E-state index in [-0.39, 0.29) is 34.0 Å². The molecule has 1 rings (SSSR count). The van der Waals surface area contributed by atoms with Gasteiger partial charge < -0.3 is 47.7 Å². The number of hydrogen-bond acceptors (Lipinski definition) is 1. The van der Waals surface area contributed by atoms with Gasteiger partial charge in [-0.25, -0.2) is 0 Å². The fourth-order valence-corrected chi connectivity index (χ4v) is 2.58. The van der Waals surface area contributed by atoms with Crippen LogP contribution in [0.15, 0.2) is 0 Å². The minimum Gasteiger partial charge on any atom is -1.00 e. The number of piperidine rings is 1. The van der Waals surface area contributed by atoms with Crippen molar-refractivity contribution >= 4 is 15.9 Å². The first-order chi connectivity index (χ1) is 8.81. The van der Waals surface area contributed by atoms with E-state index in [0.29, 0.717) is 6.04 Å². The highest BCUT2D eigenvalue weighted by atomic mass is 79.9. The Morgan fingerprint density at radius 3 is 2.14 bits per heavy atom. The molecule has 1 unspecified atom stereocenters. The SMILES string of the molecule is CBr.C[N+](C)(C)CCCOCC1CCCC[N+]1(C)C.[Br-].[Br-]. The first-order valence-corrected chi connectivity index (χ1v) is 8.98. The summed E-state index contributed by atoms with van der Waals surface area (Å²) in [5, 5.41) is 0. The molecule has 21 heavy (non-hydrogen) atoms.